The van der Waals surface area contributed by atoms with E-state index >= 15 is 0 Å². The Bertz CT molecular complexity index is 411. The van der Waals surface area contributed by atoms with Crippen LogP contribution in [-0.2, 0) is 11.2 Å². The van der Waals surface area contributed by atoms with Gasteiger partial charge in [0.2, 0.25) is 0 Å². The van der Waals surface area contributed by atoms with Gasteiger partial charge < -0.3 is 10.1 Å². The molecule has 1 aliphatic rings. The summed E-state index contributed by atoms with van der Waals surface area (Å²) >= 11 is 12.1. The highest BCUT2D eigenvalue weighted by atomic mass is 35.5. The van der Waals surface area contributed by atoms with Crippen molar-refractivity contribution in [3.8, 4) is 0 Å². The number of rotatable bonds is 5. The van der Waals surface area contributed by atoms with Gasteiger partial charge in [-0.15, -0.1) is 0 Å². The summed E-state index contributed by atoms with van der Waals surface area (Å²) in [5.74, 6) is 0. The van der Waals surface area contributed by atoms with Gasteiger partial charge in [0.05, 0.1) is 6.10 Å². The SMILES string of the molecule is CO[C@@H]1CCCC[C@H]1NCCc1ccc(Cl)cc1Cl. The highest BCUT2D eigenvalue weighted by molar-refractivity contribution is 6.35. The maximum Gasteiger partial charge on any atom is 0.0724 e. The van der Waals surface area contributed by atoms with Crippen LogP contribution in [0.15, 0.2) is 18.2 Å². The average Bonchev–Trinajstić information content (AvgIpc) is 2.42. The highest BCUT2D eigenvalue weighted by Crippen LogP contribution is 2.22. The summed E-state index contributed by atoms with van der Waals surface area (Å²) in [5.41, 5.74) is 1.14. The standard InChI is InChI=1S/C15H21Cl2NO/c1-19-15-5-3-2-4-14(15)18-9-8-11-6-7-12(16)10-13(11)17/h6-7,10,14-15,18H,2-5,8-9H2,1H3/t14-,15-/m1/s1. The number of halogens is 2. The van der Waals surface area contributed by atoms with Crippen LogP contribution in [0.3, 0.4) is 0 Å². The van der Waals surface area contributed by atoms with Crippen molar-refractivity contribution in [2.75, 3.05) is 13.7 Å². The molecule has 19 heavy (non-hydrogen) atoms. The van der Waals surface area contributed by atoms with Crippen LogP contribution in [0.1, 0.15) is 31.2 Å². The molecule has 1 aromatic carbocycles. The molecule has 0 unspecified atom stereocenters. The first-order valence-corrected chi connectivity index (χ1v) is 7.66. The Labute approximate surface area is 125 Å². The van der Waals surface area contributed by atoms with Crippen molar-refractivity contribution in [1.82, 2.24) is 5.32 Å². The van der Waals surface area contributed by atoms with Crippen molar-refractivity contribution < 1.29 is 4.74 Å². The van der Waals surface area contributed by atoms with Crippen molar-refractivity contribution in [3.63, 3.8) is 0 Å². The van der Waals surface area contributed by atoms with Crippen LogP contribution >= 0.6 is 23.2 Å². The molecule has 4 heteroatoms. The Balaban J connectivity index is 1.82. The third-order valence-corrected chi connectivity index (χ3v) is 4.41. The first-order valence-electron chi connectivity index (χ1n) is 6.91. The lowest BCUT2D eigenvalue weighted by Gasteiger charge is -2.31. The van der Waals surface area contributed by atoms with Crippen LogP contribution in [0, 0.1) is 0 Å². The Morgan fingerprint density at radius 2 is 2.05 bits per heavy atom. The van der Waals surface area contributed by atoms with Gasteiger partial charge in [0.1, 0.15) is 0 Å². The summed E-state index contributed by atoms with van der Waals surface area (Å²) in [6.45, 7) is 0.922. The number of nitrogens with one attached hydrogen (secondary N) is 1. The molecule has 2 nitrogen and oxygen atoms in total. The van der Waals surface area contributed by atoms with Gasteiger partial charge >= 0.3 is 0 Å². The third kappa shape index (κ3) is 4.35. The molecular weight excluding hydrogens is 281 g/mol. The number of hydrogen-bond acceptors (Lipinski definition) is 2. The molecule has 0 aliphatic heterocycles. The van der Waals surface area contributed by atoms with E-state index in [1.54, 1.807) is 13.2 Å². The van der Waals surface area contributed by atoms with Crippen LogP contribution < -0.4 is 5.32 Å². The molecule has 1 fully saturated rings. The van der Waals surface area contributed by atoms with Crippen LogP contribution in [0.2, 0.25) is 10.0 Å². The summed E-state index contributed by atoms with van der Waals surface area (Å²) < 4.78 is 5.54. The van der Waals surface area contributed by atoms with E-state index in [2.05, 4.69) is 5.32 Å². The molecule has 0 spiro atoms. The molecule has 0 radical (unpaired) electrons. The molecule has 1 N–H and O–H groups in total. The number of ether oxygens (including phenoxy) is 1. The summed E-state index contributed by atoms with van der Waals surface area (Å²) in [6, 6.07) is 6.17. The number of methoxy groups -OCH3 is 1. The van der Waals surface area contributed by atoms with Crippen LogP contribution in [0.25, 0.3) is 0 Å². The maximum atomic E-state index is 6.17. The molecule has 1 aliphatic carbocycles. The van der Waals surface area contributed by atoms with Crippen molar-refractivity contribution in [2.45, 2.75) is 44.2 Å². The second-order valence-electron chi connectivity index (χ2n) is 5.10. The molecular formula is C15H21Cl2NO. The molecule has 0 amide bonds. The third-order valence-electron chi connectivity index (χ3n) is 3.82. The minimum absolute atomic E-state index is 0.356. The van der Waals surface area contributed by atoms with Crippen LogP contribution in [-0.4, -0.2) is 25.8 Å². The lowest BCUT2D eigenvalue weighted by molar-refractivity contribution is 0.0421. The predicted octanol–water partition coefficient (Wildman–Crippen LogP) is 4.08. The van der Waals surface area contributed by atoms with E-state index in [4.69, 9.17) is 27.9 Å². The van der Waals surface area contributed by atoms with E-state index < -0.39 is 0 Å². The molecule has 1 aromatic rings. The summed E-state index contributed by atoms with van der Waals surface area (Å²) in [5, 5.41) is 5.04. The van der Waals surface area contributed by atoms with Crippen LogP contribution in [0.5, 0.6) is 0 Å². The second kappa shape index (κ2) is 7.49. The fourth-order valence-electron chi connectivity index (χ4n) is 2.73. The molecule has 0 aromatic heterocycles. The van der Waals surface area contributed by atoms with Gasteiger partial charge in [-0.3, -0.25) is 0 Å². The summed E-state index contributed by atoms with van der Waals surface area (Å²) in [6.07, 6.45) is 6.21. The first-order chi connectivity index (χ1) is 9.20. The Morgan fingerprint density at radius 3 is 2.79 bits per heavy atom. The van der Waals surface area contributed by atoms with Crippen molar-refractivity contribution >= 4 is 23.2 Å². The molecule has 0 bridgehead atoms. The lowest BCUT2D eigenvalue weighted by atomic mass is 9.92. The van der Waals surface area contributed by atoms with Gasteiger partial charge in [0.15, 0.2) is 0 Å². The average molecular weight is 302 g/mol. The molecule has 1 saturated carbocycles. The van der Waals surface area contributed by atoms with E-state index in [1.807, 2.05) is 12.1 Å². The number of benzene rings is 1. The van der Waals surface area contributed by atoms with Gasteiger partial charge in [-0.2, -0.15) is 0 Å². The minimum Gasteiger partial charge on any atom is -0.380 e. The van der Waals surface area contributed by atoms with Gasteiger partial charge in [-0.05, 0) is 43.5 Å². The molecule has 2 atom stereocenters. The van der Waals surface area contributed by atoms with Gasteiger partial charge in [-0.25, -0.2) is 0 Å². The lowest BCUT2D eigenvalue weighted by Crippen LogP contribution is -2.43. The second-order valence-corrected chi connectivity index (χ2v) is 5.95. The zero-order chi connectivity index (χ0) is 13.7. The minimum atomic E-state index is 0.356. The summed E-state index contributed by atoms with van der Waals surface area (Å²) in [7, 11) is 1.81. The van der Waals surface area contributed by atoms with Crippen molar-refractivity contribution in [1.29, 1.82) is 0 Å². The predicted molar refractivity (Wildman–Crippen MR) is 81.2 cm³/mol. The quantitative estimate of drug-likeness (QED) is 0.885. The topological polar surface area (TPSA) is 21.3 Å². The Kier molecular flexibility index (Phi) is 5.96. The Hall–Kier alpha value is -0.280. The van der Waals surface area contributed by atoms with Gasteiger partial charge in [-0.1, -0.05) is 42.1 Å². The monoisotopic (exact) mass is 301 g/mol. The largest absolute Gasteiger partial charge is 0.380 e. The fourth-order valence-corrected chi connectivity index (χ4v) is 3.23. The van der Waals surface area contributed by atoms with E-state index in [1.165, 1.54) is 19.3 Å². The van der Waals surface area contributed by atoms with Crippen molar-refractivity contribution in [3.05, 3.63) is 33.8 Å². The van der Waals surface area contributed by atoms with Gasteiger partial charge in [0.25, 0.3) is 0 Å². The zero-order valence-corrected chi connectivity index (χ0v) is 12.8. The molecule has 2 rings (SSSR count). The highest BCUT2D eigenvalue weighted by Gasteiger charge is 2.23. The smallest absolute Gasteiger partial charge is 0.0724 e. The van der Waals surface area contributed by atoms with E-state index in [-0.39, 0.29) is 0 Å². The fraction of sp³-hybridized carbons (Fsp3) is 0.600. The number of hydrogen-bond donors (Lipinski definition) is 1. The Morgan fingerprint density at radius 1 is 1.26 bits per heavy atom. The van der Waals surface area contributed by atoms with E-state index in [9.17, 15) is 0 Å². The van der Waals surface area contributed by atoms with E-state index in [0.29, 0.717) is 17.2 Å². The van der Waals surface area contributed by atoms with Crippen LogP contribution in [0.4, 0.5) is 0 Å². The molecule has 106 valence electrons. The summed E-state index contributed by atoms with van der Waals surface area (Å²) in [4.78, 5) is 0. The first kappa shape index (κ1) is 15.1. The van der Waals surface area contributed by atoms with Gasteiger partial charge in [0, 0.05) is 23.2 Å². The molecule has 0 heterocycles. The van der Waals surface area contributed by atoms with E-state index in [0.717, 1.165) is 30.0 Å². The normalized spacial score (nSPS) is 23.5. The van der Waals surface area contributed by atoms with Crippen molar-refractivity contribution in [2.24, 2.45) is 0 Å². The maximum absolute atomic E-state index is 6.17. The molecule has 0 saturated heterocycles. The zero-order valence-electron chi connectivity index (χ0n) is 11.3.